The Balaban J connectivity index is 2.23. The van der Waals surface area contributed by atoms with Gasteiger partial charge in [-0.1, -0.05) is 11.6 Å². The highest BCUT2D eigenvalue weighted by molar-refractivity contribution is 9.09. The molecule has 0 aliphatic carbocycles. The molecule has 158 valence electrons. The van der Waals surface area contributed by atoms with Gasteiger partial charge in [0.2, 0.25) is 5.95 Å². The van der Waals surface area contributed by atoms with E-state index in [2.05, 4.69) is 20.0 Å². The zero-order chi connectivity index (χ0) is 22.0. The van der Waals surface area contributed by atoms with Crippen molar-refractivity contribution in [3.05, 3.63) is 40.7 Å². The first-order chi connectivity index (χ1) is 13.3. The van der Waals surface area contributed by atoms with Crippen LogP contribution in [0.15, 0.2) is 29.2 Å². The van der Waals surface area contributed by atoms with E-state index < -0.39 is 37.9 Å². The van der Waals surface area contributed by atoms with E-state index in [1.165, 1.54) is 0 Å². The van der Waals surface area contributed by atoms with Crippen LogP contribution in [0.3, 0.4) is 0 Å². The van der Waals surface area contributed by atoms with Crippen molar-refractivity contribution >= 4 is 49.5 Å². The van der Waals surface area contributed by atoms with Gasteiger partial charge in [0.25, 0.3) is 15.1 Å². The molecular formula is C15H13BrClF3N4O4S. The fourth-order valence-electron chi connectivity index (χ4n) is 2.04. The zero-order valence-corrected chi connectivity index (χ0v) is 17.9. The number of hydrogen-bond acceptors (Lipinski definition) is 6. The molecule has 1 aromatic heterocycles. The molecule has 0 bridgehead atoms. The fourth-order valence-corrected chi connectivity index (χ4v) is 3.56. The number of rotatable bonds is 6. The van der Waals surface area contributed by atoms with Gasteiger partial charge >= 0.3 is 12.1 Å². The number of alkyl halides is 4. The first-order valence-electron chi connectivity index (χ1n) is 7.61. The number of aryl methyl sites for hydroxylation is 2. The average molecular weight is 518 g/mol. The molecule has 0 saturated carbocycles. The minimum absolute atomic E-state index is 0.149. The van der Waals surface area contributed by atoms with Gasteiger partial charge < -0.3 is 4.74 Å². The number of ether oxygens (including phenoxy) is 1. The Morgan fingerprint density at radius 3 is 2.38 bits per heavy atom. The quantitative estimate of drug-likeness (QED) is 0.562. The van der Waals surface area contributed by atoms with Gasteiger partial charge in [-0.15, -0.1) is 0 Å². The second-order valence-electron chi connectivity index (χ2n) is 5.59. The molecule has 0 radical (unpaired) electrons. The number of amides is 2. The molecule has 0 saturated heterocycles. The van der Waals surface area contributed by atoms with Gasteiger partial charge in [0.15, 0.2) is 0 Å². The van der Waals surface area contributed by atoms with Crippen LogP contribution in [0.1, 0.15) is 11.4 Å². The Morgan fingerprint density at radius 2 is 1.83 bits per heavy atom. The van der Waals surface area contributed by atoms with Gasteiger partial charge in [0.05, 0.1) is 5.02 Å². The molecule has 1 aromatic carbocycles. The maximum absolute atomic E-state index is 13.4. The van der Waals surface area contributed by atoms with E-state index in [4.69, 9.17) is 11.6 Å². The maximum Gasteiger partial charge on any atom is 0.440 e. The Kier molecular flexibility index (Phi) is 6.96. The molecule has 2 N–H and O–H groups in total. The molecule has 14 heteroatoms. The highest BCUT2D eigenvalue weighted by Gasteiger charge is 2.41. The van der Waals surface area contributed by atoms with Crippen molar-refractivity contribution in [2.45, 2.75) is 29.9 Å². The molecule has 1 unspecified atom stereocenters. The molecule has 29 heavy (non-hydrogen) atoms. The lowest BCUT2D eigenvalue weighted by Crippen LogP contribution is -2.35. The predicted octanol–water partition coefficient (Wildman–Crippen LogP) is 3.92. The monoisotopic (exact) mass is 516 g/mol. The Hall–Kier alpha value is -2.12. The highest BCUT2D eigenvalue weighted by Crippen LogP contribution is 2.33. The molecule has 0 aliphatic heterocycles. The van der Waals surface area contributed by atoms with Crippen LogP contribution in [0, 0.1) is 13.8 Å². The van der Waals surface area contributed by atoms with Crippen LogP contribution in [0.5, 0.6) is 5.75 Å². The zero-order valence-electron chi connectivity index (χ0n) is 14.7. The van der Waals surface area contributed by atoms with Crippen LogP contribution in [0.4, 0.5) is 23.9 Å². The number of halogens is 5. The average Bonchev–Trinajstić information content (AvgIpc) is 2.54. The van der Waals surface area contributed by atoms with Gasteiger partial charge in [-0.2, -0.15) is 8.78 Å². The molecule has 2 aromatic rings. The van der Waals surface area contributed by atoms with E-state index in [0.29, 0.717) is 17.5 Å². The lowest BCUT2D eigenvalue weighted by atomic mass is 10.3. The molecule has 1 heterocycles. The normalized spacial score (nSPS) is 12.9. The molecule has 8 nitrogen and oxygen atoms in total. The molecule has 0 fully saturated rings. The Labute approximate surface area is 177 Å². The van der Waals surface area contributed by atoms with Gasteiger partial charge in [0, 0.05) is 17.5 Å². The number of carbonyl (C=O) groups is 1. The fraction of sp³-hybridized carbons (Fsp3) is 0.267. The Morgan fingerprint density at radius 1 is 1.24 bits per heavy atom. The minimum atomic E-state index is -4.61. The van der Waals surface area contributed by atoms with Crippen LogP contribution in [-0.4, -0.2) is 35.6 Å². The maximum atomic E-state index is 13.4. The van der Waals surface area contributed by atoms with E-state index in [9.17, 15) is 26.4 Å². The van der Waals surface area contributed by atoms with Gasteiger partial charge in [-0.25, -0.2) is 32.3 Å². The van der Waals surface area contributed by atoms with E-state index in [1.807, 2.05) is 15.9 Å². The summed E-state index contributed by atoms with van der Waals surface area (Å²) >= 11 is 7.83. The van der Waals surface area contributed by atoms with Crippen molar-refractivity contribution in [2.24, 2.45) is 0 Å². The second-order valence-corrected chi connectivity index (χ2v) is 8.45. The van der Waals surface area contributed by atoms with Gasteiger partial charge in [-0.05, 0) is 48.0 Å². The van der Waals surface area contributed by atoms with E-state index in [0.717, 1.165) is 12.1 Å². The van der Waals surface area contributed by atoms with Crippen molar-refractivity contribution in [3.63, 3.8) is 0 Å². The van der Waals surface area contributed by atoms with Crippen molar-refractivity contribution in [1.82, 2.24) is 14.7 Å². The standard InChI is InChI=1S/C15H13BrClF3N4O4S/c1-7-5-8(2)22-13(21-7)23-14(25)24-29(26,27)11-6-9(3-4-10(11)17)28-15(19,20)12(16)18/h3-6,12H,1-2H3,(H2,21,22,23,24,25). The summed E-state index contributed by atoms with van der Waals surface area (Å²) in [5.74, 6) is -0.843. The number of nitrogens with zero attached hydrogens (tertiary/aromatic N) is 2. The SMILES string of the molecule is Cc1cc(C)nc(NC(=O)NS(=O)(=O)c2cc(OC(F)(F)C(F)Br)ccc2Cl)n1. The summed E-state index contributed by atoms with van der Waals surface area (Å²) in [6.07, 6.45) is -4.28. The van der Waals surface area contributed by atoms with Crippen LogP contribution in [-0.2, 0) is 10.0 Å². The number of benzene rings is 1. The number of sulfonamides is 1. The molecule has 2 amide bonds. The number of carbonyl (C=O) groups excluding carboxylic acids is 1. The lowest BCUT2D eigenvalue weighted by molar-refractivity contribution is -0.195. The number of nitrogens with one attached hydrogen (secondary N) is 2. The van der Waals surface area contributed by atoms with E-state index >= 15 is 0 Å². The van der Waals surface area contributed by atoms with Crippen LogP contribution >= 0.6 is 27.5 Å². The first kappa shape index (κ1) is 23.2. The summed E-state index contributed by atoms with van der Waals surface area (Å²) in [5, 5.41) is -1.09. The first-order valence-corrected chi connectivity index (χ1v) is 10.4. The smallest absolute Gasteiger partial charge is 0.430 e. The van der Waals surface area contributed by atoms with Crippen molar-refractivity contribution < 1.29 is 31.1 Å². The predicted molar refractivity (Wildman–Crippen MR) is 102 cm³/mol. The number of hydrogen-bond donors (Lipinski definition) is 2. The van der Waals surface area contributed by atoms with Crippen LogP contribution < -0.4 is 14.8 Å². The molecular weight excluding hydrogens is 505 g/mol. The second kappa shape index (κ2) is 8.71. The summed E-state index contributed by atoms with van der Waals surface area (Å²) < 4.78 is 70.2. The molecule has 2 rings (SSSR count). The summed E-state index contributed by atoms with van der Waals surface area (Å²) in [7, 11) is -4.61. The van der Waals surface area contributed by atoms with Gasteiger partial charge in [-0.3, -0.25) is 5.32 Å². The minimum Gasteiger partial charge on any atom is -0.430 e. The van der Waals surface area contributed by atoms with Crippen molar-refractivity contribution in [1.29, 1.82) is 0 Å². The van der Waals surface area contributed by atoms with E-state index in [-0.39, 0.29) is 11.0 Å². The number of aromatic nitrogens is 2. The third-order valence-electron chi connectivity index (χ3n) is 3.13. The summed E-state index contributed by atoms with van der Waals surface area (Å²) in [5.41, 5.74) is 1.06. The van der Waals surface area contributed by atoms with Crippen molar-refractivity contribution in [2.75, 3.05) is 5.32 Å². The third-order valence-corrected chi connectivity index (χ3v) is 5.48. The summed E-state index contributed by atoms with van der Waals surface area (Å²) in [4.78, 5) is 19.1. The number of anilines is 1. The molecule has 0 aliphatic rings. The molecule has 1 atom stereocenters. The van der Waals surface area contributed by atoms with Crippen LogP contribution in [0.25, 0.3) is 0 Å². The lowest BCUT2D eigenvalue weighted by Gasteiger charge is -2.18. The molecule has 0 spiro atoms. The third kappa shape index (κ3) is 6.18. The van der Waals surface area contributed by atoms with Crippen LogP contribution in [0.2, 0.25) is 5.02 Å². The summed E-state index contributed by atoms with van der Waals surface area (Å²) in [6, 6.07) is 2.89. The highest BCUT2D eigenvalue weighted by atomic mass is 79.9. The number of urea groups is 1. The topological polar surface area (TPSA) is 110 Å². The van der Waals surface area contributed by atoms with E-state index in [1.54, 1.807) is 24.6 Å². The van der Waals surface area contributed by atoms with Crippen molar-refractivity contribution in [3.8, 4) is 5.75 Å². The largest absolute Gasteiger partial charge is 0.440 e. The Bertz CT molecular complexity index is 1020. The summed E-state index contributed by atoms with van der Waals surface area (Å²) in [6.45, 7) is 3.29. The van der Waals surface area contributed by atoms with Gasteiger partial charge in [0.1, 0.15) is 10.6 Å².